The van der Waals surface area contributed by atoms with Crippen LogP contribution in [-0.2, 0) is 6.54 Å². The van der Waals surface area contributed by atoms with Gasteiger partial charge in [-0.25, -0.2) is 9.67 Å². The fourth-order valence-corrected chi connectivity index (χ4v) is 2.33. The Labute approximate surface area is 112 Å². The van der Waals surface area contributed by atoms with Crippen LogP contribution in [0.2, 0.25) is 0 Å². The smallest absolute Gasteiger partial charge is 0.236 e. The molecule has 0 spiro atoms. The third kappa shape index (κ3) is 2.32. The minimum Gasteiger partial charge on any atom is -0.440 e. The van der Waals surface area contributed by atoms with E-state index in [4.69, 9.17) is 4.42 Å². The molecule has 0 atom stereocenters. The molecule has 0 bridgehead atoms. The lowest BCUT2D eigenvalue weighted by atomic mass is 10.3. The van der Waals surface area contributed by atoms with Crippen LogP contribution in [0.4, 0.5) is 0 Å². The van der Waals surface area contributed by atoms with E-state index in [0.717, 1.165) is 16.3 Å². The highest BCUT2D eigenvalue weighted by Crippen LogP contribution is 2.26. The van der Waals surface area contributed by atoms with Crippen LogP contribution in [-0.4, -0.2) is 26.3 Å². The standard InChI is InChI=1S/C12H10N4O2S/c1-8-10(6-16-5-9(7-17)14-15-16)13-12(18-8)11-3-2-4-19-11/h2-5,7H,6H2,1H3. The van der Waals surface area contributed by atoms with Gasteiger partial charge in [0.15, 0.2) is 6.29 Å². The Morgan fingerprint density at radius 2 is 2.42 bits per heavy atom. The number of nitrogens with zero attached hydrogens (tertiary/aromatic N) is 4. The molecular weight excluding hydrogens is 264 g/mol. The van der Waals surface area contributed by atoms with Gasteiger partial charge >= 0.3 is 0 Å². The maximum absolute atomic E-state index is 10.6. The van der Waals surface area contributed by atoms with E-state index in [-0.39, 0.29) is 0 Å². The molecule has 0 aliphatic heterocycles. The molecule has 0 aliphatic carbocycles. The van der Waals surface area contributed by atoms with E-state index in [9.17, 15) is 4.79 Å². The maximum Gasteiger partial charge on any atom is 0.236 e. The topological polar surface area (TPSA) is 73.8 Å². The summed E-state index contributed by atoms with van der Waals surface area (Å²) in [4.78, 5) is 16.0. The summed E-state index contributed by atoms with van der Waals surface area (Å²) in [5, 5.41) is 9.53. The summed E-state index contributed by atoms with van der Waals surface area (Å²) in [6.45, 7) is 2.29. The molecule has 3 aromatic heterocycles. The number of aldehydes is 1. The monoisotopic (exact) mass is 274 g/mol. The molecule has 0 unspecified atom stereocenters. The van der Waals surface area contributed by atoms with Gasteiger partial charge in [-0.2, -0.15) is 0 Å². The minimum atomic E-state index is 0.305. The van der Waals surface area contributed by atoms with Gasteiger partial charge < -0.3 is 4.42 Å². The lowest BCUT2D eigenvalue weighted by Crippen LogP contribution is -2.02. The number of aromatic nitrogens is 4. The number of carbonyl (C=O) groups is 1. The van der Waals surface area contributed by atoms with Crippen LogP contribution in [0.25, 0.3) is 10.8 Å². The Morgan fingerprint density at radius 3 is 3.11 bits per heavy atom. The predicted molar refractivity (Wildman–Crippen MR) is 69.1 cm³/mol. The van der Waals surface area contributed by atoms with Gasteiger partial charge in [0.1, 0.15) is 17.1 Å². The fourth-order valence-electron chi connectivity index (χ4n) is 1.68. The highest BCUT2D eigenvalue weighted by molar-refractivity contribution is 7.13. The van der Waals surface area contributed by atoms with Crippen LogP contribution in [0.5, 0.6) is 0 Å². The average molecular weight is 274 g/mol. The van der Waals surface area contributed by atoms with E-state index >= 15 is 0 Å². The Hall–Kier alpha value is -2.28. The molecule has 0 aliphatic rings. The zero-order valence-electron chi connectivity index (χ0n) is 10.1. The second-order valence-corrected chi connectivity index (χ2v) is 4.91. The quantitative estimate of drug-likeness (QED) is 0.682. The second-order valence-electron chi connectivity index (χ2n) is 3.96. The van der Waals surface area contributed by atoms with E-state index < -0.39 is 0 Å². The number of hydrogen-bond donors (Lipinski definition) is 0. The first kappa shape index (κ1) is 11.8. The Balaban J connectivity index is 1.87. The van der Waals surface area contributed by atoms with E-state index in [1.54, 1.807) is 22.2 Å². The predicted octanol–water partition coefficient (Wildman–Crippen LogP) is 2.16. The number of oxazole rings is 1. The SMILES string of the molecule is Cc1oc(-c2cccs2)nc1Cn1cc(C=O)nn1. The summed E-state index contributed by atoms with van der Waals surface area (Å²) in [6.07, 6.45) is 2.24. The molecule has 7 heteroatoms. The Kier molecular flexibility index (Phi) is 2.96. The molecule has 3 rings (SSSR count). The second kappa shape index (κ2) is 4.77. The number of carbonyl (C=O) groups excluding carboxylic acids is 1. The van der Waals surface area contributed by atoms with Gasteiger partial charge in [0.2, 0.25) is 5.89 Å². The molecule has 0 saturated heterocycles. The highest BCUT2D eigenvalue weighted by atomic mass is 32.1. The Bertz CT molecular complexity index is 699. The zero-order valence-corrected chi connectivity index (χ0v) is 10.9. The lowest BCUT2D eigenvalue weighted by Gasteiger charge is -1.95. The molecule has 0 saturated carbocycles. The summed E-state index contributed by atoms with van der Waals surface area (Å²) in [7, 11) is 0. The maximum atomic E-state index is 10.6. The molecule has 3 heterocycles. The minimum absolute atomic E-state index is 0.305. The molecule has 19 heavy (non-hydrogen) atoms. The number of hydrogen-bond acceptors (Lipinski definition) is 6. The molecule has 3 aromatic rings. The third-order valence-electron chi connectivity index (χ3n) is 2.61. The van der Waals surface area contributed by atoms with E-state index in [2.05, 4.69) is 15.3 Å². The van der Waals surface area contributed by atoms with Gasteiger partial charge in [-0.1, -0.05) is 11.3 Å². The summed E-state index contributed by atoms with van der Waals surface area (Å²) in [5.74, 6) is 1.35. The molecule has 0 fully saturated rings. The zero-order chi connectivity index (χ0) is 13.2. The van der Waals surface area contributed by atoms with Crippen LogP contribution in [0.15, 0.2) is 28.1 Å². The van der Waals surface area contributed by atoms with E-state index in [0.29, 0.717) is 24.4 Å². The van der Waals surface area contributed by atoms with Crippen molar-refractivity contribution in [3.63, 3.8) is 0 Å². The van der Waals surface area contributed by atoms with Gasteiger partial charge in [0, 0.05) is 0 Å². The van der Waals surface area contributed by atoms with Gasteiger partial charge in [0.25, 0.3) is 0 Å². The van der Waals surface area contributed by atoms with Crippen molar-refractivity contribution in [1.82, 2.24) is 20.0 Å². The van der Waals surface area contributed by atoms with Gasteiger partial charge in [-0.3, -0.25) is 4.79 Å². The van der Waals surface area contributed by atoms with Gasteiger partial charge in [-0.05, 0) is 18.4 Å². The van der Waals surface area contributed by atoms with Crippen LogP contribution >= 0.6 is 11.3 Å². The number of rotatable bonds is 4. The summed E-state index contributed by atoms with van der Waals surface area (Å²) < 4.78 is 7.19. The van der Waals surface area contributed by atoms with Crippen molar-refractivity contribution in [2.45, 2.75) is 13.5 Å². The van der Waals surface area contributed by atoms with E-state index in [1.807, 2.05) is 24.4 Å². The summed E-state index contributed by atoms with van der Waals surface area (Å²) in [5.41, 5.74) is 1.09. The summed E-state index contributed by atoms with van der Waals surface area (Å²) >= 11 is 1.57. The van der Waals surface area contributed by atoms with Crippen molar-refractivity contribution in [2.75, 3.05) is 0 Å². The molecule has 0 N–H and O–H groups in total. The number of aryl methyl sites for hydroxylation is 1. The van der Waals surface area contributed by atoms with Gasteiger partial charge in [-0.15, -0.1) is 16.4 Å². The van der Waals surface area contributed by atoms with Crippen molar-refractivity contribution < 1.29 is 9.21 Å². The fraction of sp³-hybridized carbons (Fsp3) is 0.167. The third-order valence-corrected chi connectivity index (χ3v) is 3.47. The van der Waals surface area contributed by atoms with Crippen LogP contribution in [0.3, 0.4) is 0 Å². The molecule has 0 amide bonds. The first-order valence-corrected chi connectivity index (χ1v) is 6.49. The molecular formula is C12H10N4O2S. The van der Waals surface area contributed by atoms with Crippen molar-refractivity contribution in [3.05, 3.63) is 40.9 Å². The highest BCUT2D eigenvalue weighted by Gasteiger charge is 2.13. The van der Waals surface area contributed by atoms with Crippen LogP contribution in [0.1, 0.15) is 21.9 Å². The number of thiophene rings is 1. The van der Waals surface area contributed by atoms with Crippen molar-refractivity contribution in [1.29, 1.82) is 0 Å². The Morgan fingerprint density at radius 1 is 1.53 bits per heavy atom. The van der Waals surface area contributed by atoms with Crippen LogP contribution < -0.4 is 0 Å². The van der Waals surface area contributed by atoms with E-state index in [1.165, 1.54) is 0 Å². The van der Waals surface area contributed by atoms with Crippen molar-refractivity contribution in [3.8, 4) is 10.8 Å². The molecule has 0 radical (unpaired) electrons. The normalized spacial score (nSPS) is 10.8. The largest absolute Gasteiger partial charge is 0.440 e. The first-order valence-electron chi connectivity index (χ1n) is 5.62. The molecule has 96 valence electrons. The van der Waals surface area contributed by atoms with Crippen molar-refractivity contribution >= 4 is 17.6 Å². The molecule has 6 nitrogen and oxygen atoms in total. The summed E-state index contributed by atoms with van der Waals surface area (Å²) in [6, 6.07) is 3.91. The first-order chi connectivity index (χ1) is 9.26. The van der Waals surface area contributed by atoms with Crippen molar-refractivity contribution in [2.24, 2.45) is 0 Å². The van der Waals surface area contributed by atoms with Gasteiger partial charge in [0.05, 0.1) is 17.6 Å². The average Bonchev–Trinajstić information content (AvgIpc) is 3.12. The lowest BCUT2D eigenvalue weighted by molar-refractivity contribution is 0.111. The van der Waals surface area contributed by atoms with Crippen LogP contribution in [0, 0.1) is 6.92 Å². The molecule has 0 aromatic carbocycles.